The van der Waals surface area contributed by atoms with E-state index in [0.717, 1.165) is 12.8 Å². The van der Waals surface area contributed by atoms with Gasteiger partial charge in [0, 0.05) is 0 Å². The van der Waals surface area contributed by atoms with Crippen molar-refractivity contribution in [2.24, 2.45) is 5.92 Å². The third-order valence-corrected chi connectivity index (χ3v) is 3.78. The van der Waals surface area contributed by atoms with Crippen molar-refractivity contribution in [3.05, 3.63) is 0 Å². The number of esters is 1. The Labute approximate surface area is 131 Å². The van der Waals surface area contributed by atoms with Crippen LogP contribution in [0.5, 0.6) is 0 Å². The van der Waals surface area contributed by atoms with Crippen LogP contribution in [-0.4, -0.2) is 23.8 Å². The summed E-state index contributed by atoms with van der Waals surface area (Å²) in [5.74, 6) is -0.341. The molecule has 0 aromatic carbocycles. The van der Waals surface area contributed by atoms with Crippen LogP contribution in [0.2, 0.25) is 0 Å². The van der Waals surface area contributed by atoms with Crippen LogP contribution in [-0.2, 0) is 9.53 Å². The zero-order valence-corrected chi connectivity index (χ0v) is 14.4. The smallest absolute Gasteiger partial charge is 0.308 e. The number of carbonyl (C=O) groups excluding carboxylic acids is 1. The van der Waals surface area contributed by atoms with Gasteiger partial charge in [0.15, 0.2) is 0 Å². The minimum atomic E-state index is -0.498. The van der Waals surface area contributed by atoms with Crippen LogP contribution in [0.3, 0.4) is 0 Å². The molecular weight excluding hydrogens is 264 g/mol. The second-order valence-corrected chi connectivity index (χ2v) is 6.41. The summed E-state index contributed by atoms with van der Waals surface area (Å²) in [7, 11) is 0. The fourth-order valence-electron chi connectivity index (χ4n) is 2.30. The number of carbonyl (C=O) groups is 1. The normalized spacial score (nSPS) is 12.6. The van der Waals surface area contributed by atoms with E-state index in [1.165, 1.54) is 57.8 Å². The number of unbranched alkanes of at least 4 members (excludes halogenated alkanes) is 9. The first-order chi connectivity index (χ1) is 10.1. The Balaban J connectivity index is 3.25. The molecule has 126 valence electrons. The fourth-order valence-corrected chi connectivity index (χ4v) is 2.30. The molecule has 0 aromatic heterocycles. The van der Waals surface area contributed by atoms with E-state index in [0.29, 0.717) is 0 Å². The molecular formula is C18H36O3. The predicted octanol–water partition coefficient (Wildman–Crippen LogP) is 4.86. The standard InChI is InChI=1S/C18H36O3/c1-4-5-6-7-8-9-10-11-12-13-14-17(19)15-21-18(20)16(2)3/h16-17,19H,4-15H2,1-3H3. The van der Waals surface area contributed by atoms with Crippen LogP contribution in [0.1, 0.15) is 91.4 Å². The summed E-state index contributed by atoms with van der Waals surface area (Å²) >= 11 is 0. The average molecular weight is 300 g/mol. The maximum absolute atomic E-state index is 11.3. The summed E-state index contributed by atoms with van der Waals surface area (Å²) in [6.45, 7) is 6.00. The molecule has 1 atom stereocenters. The van der Waals surface area contributed by atoms with Crippen molar-refractivity contribution in [2.45, 2.75) is 97.5 Å². The summed E-state index contributed by atoms with van der Waals surface area (Å²) in [6, 6.07) is 0. The molecule has 0 aliphatic carbocycles. The van der Waals surface area contributed by atoms with Crippen LogP contribution in [0.25, 0.3) is 0 Å². The van der Waals surface area contributed by atoms with Crippen LogP contribution >= 0.6 is 0 Å². The van der Waals surface area contributed by atoms with Crippen molar-refractivity contribution in [3.63, 3.8) is 0 Å². The van der Waals surface area contributed by atoms with Crippen LogP contribution in [0.15, 0.2) is 0 Å². The first kappa shape index (κ1) is 20.4. The van der Waals surface area contributed by atoms with Gasteiger partial charge in [0.1, 0.15) is 6.61 Å². The SMILES string of the molecule is CCCCCCCCCCCCC(O)COC(=O)C(C)C. The van der Waals surface area contributed by atoms with Crippen LogP contribution in [0.4, 0.5) is 0 Å². The molecule has 0 saturated carbocycles. The predicted molar refractivity (Wildman–Crippen MR) is 88.3 cm³/mol. The number of hydrogen-bond acceptors (Lipinski definition) is 3. The maximum Gasteiger partial charge on any atom is 0.308 e. The first-order valence-electron chi connectivity index (χ1n) is 8.92. The molecule has 0 heterocycles. The quantitative estimate of drug-likeness (QED) is 0.368. The average Bonchev–Trinajstić information content (AvgIpc) is 2.46. The lowest BCUT2D eigenvalue weighted by Crippen LogP contribution is -2.21. The van der Waals surface area contributed by atoms with E-state index in [-0.39, 0.29) is 18.5 Å². The Morgan fingerprint density at radius 1 is 0.905 bits per heavy atom. The molecule has 1 unspecified atom stereocenters. The largest absolute Gasteiger partial charge is 0.463 e. The third-order valence-electron chi connectivity index (χ3n) is 3.78. The highest BCUT2D eigenvalue weighted by Crippen LogP contribution is 2.12. The van der Waals surface area contributed by atoms with Crippen LogP contribution < -0.4 is 0 Å². The maximum atomic E-state index is 11.3. The molecule has 0 aromatic rings. The van der Waals surface area contributed by atoms with E-state index < -0.39 is 6.10 Å². The number of aliphatic hydroxyl groups is 1. The van der Waals surface area contributed by atoms with Gasteiger partial charge in [-0.05, 0) is 6.42 Å². The summed E-state index contributed by atoms with van der Waals surface area (Å²) in [5, 5.41) is 9.73. The first-order valence-corrected chi connectivity index (χ1v) is 8.92. The van der Waals surface area contributed by atoms with E-state index in [2.05, 4.69) is 6.92 Å². The van der Waals surface area contributed by atoms with Gasteiger partial charge in [-0.1, -0.05) is 85.0 Å². The number of ether oxygens (including phenoxy) is 1. The molecule has 0 rings (SSSR count). The zero-order chi connectivity index (χ0) is 15.9. The fraction of sp³-hybridized carbons (Fsp3) is 0.944. The van der Waals surface area contributed by atoms with E-state index in [1.807, 2.05) is 0 Å². The Hall–Kier alpha value is -0.570. The van der Waals surface area contributed by atoms with Crippen LogP contribution in [0, 0.1) is 5.92 Å². The topological polar surface area (TPSA) is 46.5 Å². The van der Waals surface area contributed by atoms with Gasteiger partial charge in [-0.15, -0.1) is 0 Å². The third kappa shape index (κ3) is 14.1. The summed E-state index contributed by atoms with van der Waals surface area (Å²) < 4.78 is 5.02. The second-order valence-electron chi connectivity index (χ2n) is 6.41. The molecule has 21 heavy (non-hydrogen) atoms. The number of rotatable bonds is 14. The Bertz CT molecular complexity index is 239. The molecule has 0 bridgehead atoms. The number of aliphatic hydroxyl groups excluding tert-OH is 1. The lowest BCUT2D eigenvalue weighted by molar-refractivity contribution is -0.150. The molecule has 1 N–H and O–H groups in total. The highest BCUT2D eigenvalue weighted by molar-refractivity contribution is 5.71. The van der Waals surface area contributed by atoms with Gasteiger partial charge in [-0.3, -0.25) is 4.79 Å². The molecule has 0 radical (unpaired) electrons. The lowest BCUT2D eigenvalue weighted by Gasteiger charge is -2.12. The molecule has 0 amide bonds. The monoisotopic (exact) mass is 300 g/mol. The summed E-state index contributed by atoms with van der Waals surface area (Å²) in [5.41, 5.74) is 0. The van der Waals surface area contributed by atoms with Gasteiger partial charge in [0.25, 0.3) is 0 Å². The molecule has 3 nitrogen and oxygen atoms in total. The van der Waals surface area contributed by atoms with E-state index in [1.54, 1.807) is 13.8 Å². The second kappa shape index (κ2) is 14.4. The minimum Gasteiger partial charge on any atom is -0.463 e. The Morgan fingerprint density at radius 3 is 1.86 bits per heavy atom. The van der Waals surface area contributed by atoms with Gasteiger partial charge in [-0.25, -0.2) is 0 Å². The Morgan fingerprint density at radius 2 is 1.38 bits per heavy atom. The van der Waals surface area contributed by atoms with Gasteiger partial charge >= 0.3 is 5.97 Å². The molecule has 0 aliphatic heterocycles. The van der Waals surface area contributed by atoms with Crippen molar-refractivity contribution in [2.75, 3.05) is 6.61 Å². The molecule has 0 spiro atoms. The van der Waals surface area contributed by atoms with Crippen molar-refractivity contribution >= 4 is 5.97 Å². The number of hydrogen-bond donors (Lipinski definition) is 1. The van der Waals surface area contributed by atoms with Crippen molar-refractivity contribution in [1.29, 1.82) is 0 Å². The van der Waals surface area contributed by atoms with Gasteiger partial charge < -0.3 is 9.84 Å². The van der Waals surface area contributed by atoms with E-state index >= 15 is 0 Å². The lowest BCUT2D eigenvalue weighted by atomic mass is 10.0. The highest BCUT2D eigenvalue weighted by Gasteiger charge is 2.11. The molecule has 0 fully saturated rings. The van der Waals surface area contributed by atoms with E-state index in [4.69, 9.17) is 4.74 Å². The zero-order valence-electron chi connectivity index (χ0n) is 14.4. The summed E-state index contributed by atoms with van der Waals surface area (Å²) in [4.78, 5) is 11.3. The van der Waals surface area contributed by atoms with Gasteiger partial charge in [0.05, 0.1) is 12.0 Å². The van der Waals surface area contributed by atoms with E-state index in [9.17, 15) is 9.90 Å². The highest BCUT2D eigenvalue weighted by atomic mass is 16.5. The minimum absolute atomic E-state index is 0.116. The van der Waals surface area contributed by atoms with Crippen molar-refractivity contribution < 1.29 is 14.6 Å². The van der Waals surface area contributed by atoms with Gasteiger partial charge in [-0.2, -0.15) is 0 Å². The molecule has 0 aliphatic rings. The molecule has 0 saturated heterocycles. The Kier molecular flexibility index (Phi) is 14.0. The van der Waals surface area contributed by atoms with Crippen molar-refractivity contribution in [3.8, 4) is 0 Å². The molecule has 3 heteroatoms. The van der Waals surface area contributed by atoms with Gasteiger partial charge in [0.2, 0.25) is 0 Å². The summed E-state index contributed by atoms with van der Waals surface area (Å²) in [6.07, 6.45) is 13.2. The van der Waals surface area contributed by atoms with Crippen molar-refractivity contribution in [1.82, 2.24) is 0 Å².